The third-order valence-corrected chi connectivity index (χ3v) is 3.13. The van der Waals surface area contributed by atoms with Crippen LogP contribution in [0.5, 0.6) is 0 Å². The Labute approximate surface area is 95.7 Å². The summed E-state index contributed by atoms with van der Waals surface area (Å²) < 4.78 is 0. The van der Waals surface area contributed by atoms with Gasteiger partial charge in [0.2, 0.25) is 0 Å². The van der Waals surface area contributed by atoms with Gasteiger partial charge in [0.25, 0.3) is 0 Å². The standard InChI is InChI=1S/C12H15NOS/c14-12(10-4-2-1-3-5-10)9-13-7-6-11(15)8-13/h1-5,11,15H,6-9H2. The highest BCUT2D eigenvalue weighted by molar-refractivity contribution is 7.81. The van der Waals surface area contributed by atoms with Crippen LogP contribution in [0.4, 0.5) is 0 Å². The Morgan fingerprint density at radius 1 is 1.40 bits per heavy atom. The van der Waals surface area contributed by atoms with Crippen LogP contribution in [0.25, 0.3) is 0 Å². The first-order chi connectivity index (χ1) is 7.25. The van der Waals surface area contributed by atoms with E-state index in [4.69, 9.17) is 0 Å². The van der Waals surface area contributed by atoms with Gasteiger partial charge in [0.1, 0.15) is 0 Å². The molecule has 3 heteroatoms. The molecule has 0 aliphatic carbocycles. The predicted molar refractivity (Wildman–Crippen MR) is 64.6 cm³/mol. The molecule has 1 aromatic carbocycles. The smallest absolute Gasteiger partial charge is 0.176 e. The number of Topliss-reactive ketones (excluding diaryl/α,β-unsaturated/α-hetero) is 1. The second-order valence-electron chi connectivity index (χ2n) is 3.97. The van der Waals surface area contributed by atoms with Gasteiger partial charge in [-0.2, -0.15) is 12.6 Å². The van der Waals surface area contributed by atoms with Crippen molar-refractivity contribution in [3.8, 4) is 0 Å². The minimum atomic E-state index is 0.207. The molecule has 1 aliphatic heterocycles. The van der Waals surface area contributed by atoms with Gasteiger partial charge in [-0.1, -0.05) is 30.3 Å². The molecule has 2 nitrogen and oxygen atoms in total. The van der Waals surface area contributed by atoms with E-state index >= 15 is 0 Å². The van der Waals surface area contributed by atoms with E-state index in [0.29, 0.717) is 11.8 Å². The second-order valence-corrected chi connectivity index (χ2v) is 4.70. The van der Waals surface area contributed by atoms with Crippen LogP contribution in [0.1, 0.15) is 16.8 Å². The van der Waals surface area contributed by atoms with E-state index in [2.05, 4.69) is 17.5 Å². The molecule has 0 amide bonds. The SMILES string of the molecule is O=C(CN1CCC(S)C1)c1ccccc1. The molecular formula is C12H15NOS. The Morgan fingerprint density at radius 2 is 2.13 bits per heavy atom. The number of carbonyl (C=O) groups excluding carboxylic acids is 1. The van der Waals surface area contributed by atoms with Crippen LogP contribution < -0.4 is 0 Å². The van der Waals surface area contributed by atoms with Crippen molar-refractivity contribution in [1.82, 2.24) is 4.90 Å². The number of ketones is 1. The number of hydrogen-bond donors (Lipinski definition) is 1. The molecule has 1 aliphatic rings. The largest absolute Gasteiger partial charge is 0.295 e. The molecule has 0 bridgehead atoms. The third kappa shape index (κ3) is 2.83. The molecule has 0 spiro atoms. The molecule has 1 heterocycles. The first-order valence-electron chi connectivity index (χ1n) is 5.24. The van der Waals surface area contributed by atoms with Crippen LogP contribution in [0.15, 0.2) is 30.3 Å². The maximum atomic E-state index is 11.8. The van der Waals surface area contributed by atoms with Gasteiger partial charge in [-0.15, -0.1) is 0 Å². The van der Waals surface area contributed by atoms with Gasteiger partial charge in [-0.25, -0.2) is 0 Å². The highest BCUT2D eigenvalue weighted by Crippen LogP contribution is 2.14. The van der Waals surface area contributed by atoms with E-state index in [9.17, 15) is 4.79 Å². The average molecular weight is 221 g/mol. The quantitative estimate of drug-likeness (QED) is 0.621. The summed E-state index contributed by atoms with van der Waals surface area (Å²) in [4.78, 5) is 14.0. The zero-order chi connectivity index (χ0) is 10.7. The first kappa shape index (κ1) is 10.7. The number of likely N-dealkylation sites (tertiary alicyclic amines) is 1. The van der Waals surface area contributed by atoms with E-state index in [0.717, 1.165) is 25.1 Å². The molecule has 0 radical (unpaired) electrons. The lowest BCUT2D eigenvalue weighted by atomic mass is 10.1. The summed E-state index contributed by atoms with van der Waals surface area (Å²) in [5.41, 5.74) is 0.806. The van der Waals surface area contributed by atoms with Gasteiger partial charge in [-0.05, 0) is 13.0 Å². The molecule has 1 atom stereocenters. The first-order valence-corrected chi connectivity index (χ1v) is 5.76. The summed E-state index contributed by atoms with van der Waals surface area (Å²) in [5, 5.41) is 0.438. The normalized spacial score (nSPS) is 21.8. The van der Waals surface area contributed by atoms with Gasteiger partial charge in [0, 0.05) is 17.4 Å². The van der Waals surface area contributed by atoms with Gasteiger partial charge >= 0.3 is 0 Å². The average Bonchev–Trinajstić information content (AvgIpc) is 2.65. The van der Waals surface area contributed by atoms with E-state index in [-0.39, 0.29) is 5.78 Å². The molecule has 0 saturated carbocycles. The highest BCUT2D eigenvalue weighted by atomic mass is 32.1. The fourth-order valence-electron chi connectivity index (χ4n) is 1.87. The van der Waals surface area contributed by atoms with Crippen LogP contribution >= 0.6 is 12.6 Å². The minimum Gasteiger partial charge on any atom is -0.295 e. The van der Waals surface area contributed by atoms with Crippen molar-refractivity contribution in [2.45, 2.75) is 11.7 Å². The molecule has 1 saturated heterocycles. The predicted octanol–water partition coefficient (Wildman–Crippen LogP) is 1.87. The van der Waals surface area contributed by atoms with Crippen molar-refractivity contribution in [2.75, 3.05) is 19.6 Å². The van der Waals surface area contributed by atoms with Crippen molar-refractivity contribution < 1.29 is 4.79 Å². The van der Waals surface area contributed by atoms with Crippen LogP contribution in [0.3, 0.4) is 0 Å². The zero-order valence-corrected chi connectivity index (χ0v) is 9.49. The summed E-state index contributed by atoms with van der Waals surface area (Å²) in [6.07, 6.45) is 1.09. The summed E-state index contributed by atoms with van der Waals surface area (Å²) in [6.45, 7) is 2.45. The number of benzene rings is 1. The molecule has 0 aromatic heterocycles. The second kappa shape index (κ2) is 4.81. The molecule has 80 valence electrons. The van der Waals surface area contributed by atoms with E-state index in [1.807, 2.05) is 30.3 Å². The van der Waals surface area contributed by atoms with Crippen molar-refractivity contribution in [2.24, 2.45) is 0 Å². The Bertz CT molecular complexity index is 339. The van der Waals surface area contributed by atoms with Crippen LogP contribution in [-0.2, 0) is 0 Å². The van der Waals surface area contributed by atoms with Crippen molar-refractivity contribution in [3.63, 3.8) is 0 Å². The summed E-state index contributed by atoms with van der Waals surface area (Å²) in [7, 11) is 0. The van der Waals surface area contributed by atoms with Gasteiger partial charge in [0.15, 0.2) is 5.78 Å². The molecule has 1 fully saturated rings. The van der Waals surface area contributed by atoms with E-state index < -0.39 is 0 Å². The number of nitrogens with zero attached hydrogens (tertiary/aromatic N) is 1. The topological polar surface area (TPSA) is 20.3 Å². The van der Waals surface area contributed by atoms with Crippen LogP contribution in [0.2, 0.25) is 0 Å². The van der Waals surface area contributed by atoms with Crippen LogP contribution in [-0.4, -0.2) is 35.6 Å². The van der Waals surface area contributed by atoms with Crippen LogP contribution in [0, 0.1) is 0 Å². The fourth-order valence-corrected chi connectivity index (χ4v) is 2.22. The Hall–Kier alpha value is -0.800. The summed E-state index contributed by atoms with van der Waals surface area (Å²) in [5.74, 6) is 0.207. The Kier molecular flexibility index (Phi) is 3.44. The fraction of sp³-hybridized carbons (Fsp3) is 0.417. The monoisotopic (exact) mass is 221 g/mol. The molecule has 15 heavy (non-hydrogen) atoms. The van der Waals surface area contributed by atoms with Gasteiger partial charge in [-0.3, -0.25) is 9.69 Å². The van der Waals surface area contributed by atoms with Crippen molar-refractivity contribution in [1.29, 1.82) is 0 Å². The van der Waals surface area contributed by atoms with Crippen molar-refractivity contribution >= 4 is 18.4 Å². The Morgan fingerprint density at radius 3 is 2.73 bits per heavy atom. The molecule has 1 unspecified atom stereocenters. The number of carbonyl (C=O) groups is 1. The maximum Gasteiger partial charge on any atom is 0.176 e. The summed E-state index contributed by atoms with van der Waals surface area (Å²) >= 11 is 4.41. The molecule has 0 N–H and O–H groups in total. The molecule has 1 aromatic rings. The number of rotatable bonds is 3. The van der Waals surface area contributed by atoms with Gasteiger partial charge in [0.05, 0.1) is 6.54 Å². The summed E-state index contributed by atoms with van der Waals surface area (Å²) in [6, 6.07) is 9.47. The zero-order valence-electron chi connectivity index (χ0n) is 8.60. The Balaban J connectivity index is 1.93. The highest BCUT2D eigenvalue weighted by Gasteiger charge is 2.21. The molecule has 2 rings (SSSR count). The lowest BCUT2D eigenvalue weighted by Gasteiger charge is -2.13. The lowest BCUT2D eigenvalue weighted by molar-refractivity contribution is 0.0945. The minimum absolute atomic E-state index is 0.207. The van der Waals surface area contributed by atoms with Crippen molar-refractivity contribution in [3.05, 3.63) is 35.9 Å². The van der Waals surface area contributed by atoms with Gasteiger partial charge < -0.3 is 0 Å². The molecular weight excluding hydrogens is 206 g/mol. The maximum absolute atomic E-state index is 11.8. The number of hydrogen-bond acceptors (Lipinski definition) is 3. The lowest BCUT2D eigenvalue weighted by Crippen LogP contribution is -2.27. The van der Waals surface area contributed by atoms with E-state index in [1.165, 1.54) is 0 Å². The van der Waals surface area contributed by atoms with E-state index in [1.54, 1.807) is 0 Å². The third-order valence-electron chi connectivity index (χ3n) is 2.71. The number of thiol groups is 1.